The van der Waals surface area contributed by atoms with Crippen LogP contribution in [0.15, 0.2) is 52.1 Å². The molecule has 1 unspecified atom stereocenters. The first-order chi connectivity index (χ1) is 14.4. The van der Waals surface area contributed by atoms with Crippen molar-refractivity contribution in [3.8, 4) is 11.4 Å². The van der Waals surface area contributed by atoms with Gasteiger partial charge in [0.05, 0.1) is 4.90 Å². The molecule has 0 amide bonds. The highest BCUT2D eigenvalue weighted by molar-refractivity contribution is 7.89. The lowest BCUT2D eigenvalue weighted by Gasteiger charge is -2.31. The summed E-state index contributed by atoms with van der Waals surface area (Å²) < 4.78 is 59.2. The van der Waals surface area contributed by atoms with Gasteiger partial charge in [-0.3, -0.25) is 4.98 Å². The molecule has 30 heavy (non-hydrogen) atoms. The fourth-order valence-corrected chi connectivity index (χ4v) is 5.20. The summed E-state index contributed by atoms with van der Waals surface area (Å²) in [5, 5.41) is 3.96. The van der Waals surface area contributed by atoms with E-state index in [1.165, 1.54) is 4.31 Å². The number of benzene rings is 1. The van der Waals surface area contributed by atoms with Gasteiger partial charge in [-0.1, -0.05) is 5.16 Å². The molecule has 10 heteroatoms. The van der Waals surface area contributed by atoms with E-state index in [1.54, 1.807) is 18.5 Å². The number of nitrogens with zero attached hydrogens (tertiary/aromatic N) is 4. The molecule has 1 aliphatic rings. The van der Waals surface area contributed by atoms with Crippen molar-refractivity contribution >= 4 is 10.0 Å². The molecule has 1 atom stereocenters. The number of pyridine rings is 1. The molecule has 0 spiro atoms. The van der Waals surface area contributed by atoms with Crippen LogP contribution in [0, 0.1) is 17.6 Å². The first-order valence-corrected chi connectivity index (χ1v) is 11.0. The van der Waals surface area contributed by atoms with E-state index in [2.05, 4.69) is 15.1 Å². The first-order valence-electron chi connectivity index (χ1n) is 9.61. The molecule has 158 valence electrons. The van der Waals surface area contributed by atoms with Crippen molar-refractivity contribution in [2.75, 3.05) is 13.1 Å². The van der Waals surface area contributed by atoms with Gasteiger partial charge >= 0.3 is 0 Å². The third kappa shape index (κ3) is 4.54. The largest absolute Gasteiger partial charge is 0.339 e. The van der Waals surface area contributed by atoms with E-state index < -0.39 is 21.7 Å². The summed E-state index contributed by atoms with van der Waals surface area (Å²) in [6.07, 6.45) is 6.01. The van der Waals surface area contributed by atoms with Crippen molar-refractivity contribution in [2.24, 2.45) is 5.92 Å². The summed E-state index contributed by atoms with van der Waals surface area (Å²) in [5.41, 5.74) is 0.754. The highest BCUT2D eigenvalue weighted by Gasteiger charge is 2.31. The Morgan fingerprint density at radius 3 is 2.73 bits per heavy atom. The van der Waals surface area contributed by atoms with Gasteiger partial charge in [0, 0.05) is 43.5 Å². The number of hydrogen-bond donors (Lipinski definition) is 0. The number of piperidine rings is 1. The van der Waals surface area contributed by atoms with Gasteiger partial charge in [0.1, 0.15) is 11.6 Å². The highest BCUT2D eigenvalue weighted by Crippen LogP contribution is 2.27. The van der Waals surface area contributed by atoms with Crippen LogP contribution in [0.25, 0.3) is 11.4 Å². The molecular weight excluding hydrogens is 414 g/mol. The van der Waals surface area contributed by atoms with Gasteiger partial charge in [0.25, 0.3) is 0 Å². The maximum absolute atomic E-state index is 13.5. The fourth-order valence-electron chi connectivity index (χ4n) is 3.60. The fraction of sp³-hybridized carbons (Fsp3) is 0.350. The van der Waals surface area contributed by atoms with Crippen LogP contribution in [0.2, 0.25) is 0 Å². The van der Waals surface area contributed by atoms with Gasteiger partial charge in [0.15, 0.2) is 0 Å². The van der Waals surface area contributed by atoms with E-state index in [4.69, 9.17) is 4.52 Å². The van der Waals surface area contributed by atoms with Crippen LogP contribution in [-0.2, 0) is 16.4 Å². The molecular formula is C20H20F2N4O3S. The van der Waals surface area contributed by atoms with Gasteiger partial charge in [-0.2, -0.15) is 9.29 Å². The van der Waals surface area contributed by atoms with E-state index in [1.807, 2.05) is 6.07 Å². The highest BCUT2D eigenvalue weighted by atomic mass is 32.2. The van der Waals surface area contributed by atoms with E-state index in [9.17, 15) is 17.2 Å². The number of rotatable bonds is 6. The van der Waals surface area contributed by atoms with Crippen molar-refractivity contribution in [3.63, 3.8) is 0 Å². The quantitative estimate of drug-likeness (QED) is 0.590. The van der Waals surface area contributed by atoms with E-state index >= 15 is 0 Å². The van der Waals surface area contributed by atoms with Crippen molar-refractivity contribution in [3.05, 3.63) is 60.3 Å². The maximum Gasteiger partial charge on any atom is 0.243 e. The van der Waals surface area contributed by atoms with Crippen LogP contribution in [-0.4, -0.2) is 40.9 Å². The predicted octanol–water partition coefficient (Wildman–Crippen LogP) is 3.44. The summed E-state index contributed by atoms with van der Waals surface area (Å²) in [6, 6.07) is 5.97. The second-order valence-electron chi connectivity index (χ2n) is 7.27. The lowest BCUT2D eigenvalue weighted by atomic mass is 9.95. The summed E-state index contributed by atoms with van der Waals surface area (Å²) in [4.78, 5) is 8.03. The monoisotopic (exact) mass is 434 g/mol. The van der Waals surface area contributed by atoms with Crippen LogP contribution >= 0.6 is 0 Å². The van der Waals surface area contributed by atoms with Crippen LogP contribution in [0.4, 0.5) is 8.78 Å². The lowest BCUT2D eigenvalue weighted by Crippen LogP contribution is -2.40. The molecule has 0 bridgehead atoms. The predicted molar refractivity (Wildman–Crippen MR) is 104 cm³/mol. The zero-order valence-electron chi connectivity index (χ0n) is 16.0. The number of sulfonamides is 1. The van der Waals surface area contributed by atoms with Crippen molar-refractivity contribution in [1.82, 2.24) is 19.4 Å². The molecule has 1 saturated heterocycles. The minimum absolute atomic E-state index is 0.0840. The molecule has 3 aromatic rings. The maximum atomic E-state index is 13.5. The van der Waals surface area contributed by atoms with E-state index in [0.717, 1.165) is 24.1 Å². The number of halogens is 2. The molecule has 0 radical (unpaired) electrons. The summed E-state index contributed by atoms with van der Waals surface area (Å²) in [5.74, 6) is -0.813. The second kappa shape index (κ2) is 8.57. The average molecular weight is 434 g/mol. The minimum Gasteiger partial charge on any atom is -0.339 e. The Bertz CT molecular complexity index is 1100. The first kappa shape index (κ1) is 20.5. The summed E-state index contributed by atoms with van der Waals surface area (Å²) >= 11 is 0. The third-order valence-corrected chi connectivity index (χ3v) is 6.95. The standard InChI is InChI=1S/C20H20F2N4O3S/c21-16-9-17(22)11-18(10-16)30(27,28)26-8-2-3-14(13-26)5-6-19-24-20(25-29-19)15-4-1-7-23-12-15/h1,4,7,9-12,14H,2-3,5-6,8,13H2. The third-order valence-electron chi connectivity index (χ3n) is 5.11. The van der Waals surface area contributed by atoms with Gasteiger partial charge in [-0.25, -0.2) is 17.2 Å². The molecule has 0 saturated carbocycles. The number of aromatic nitrogens is 3. The Morgan fingerprint density at radius 2 is 2.00 bits per heavy atom. The summed E-state index contributed by atoms with van der Waals surface area (Å²) in [6.45, 7) is 0.604. The van der Waals surface area contributed by atoms with Crippen LogP contribution in [0.3, 0.4) is 0 Å². The molecule has 1 aliphatic heterocycles. The molecule has 4 rings (SSSR count). The summed E-state index contributed by atoms with van der Waals surface area (Å²) in [7, 11) is -3.96. The smallest absolute Gasteiger partial charge is 0.243 e. The Morgan fingerprint density at radius 1 is 1.20 bits per heavy atom. The lowest BCUT2D eigenvalue weighted by molar-refractivity contribution is 0.249. The molecule has 0 aliphatic carbocycles. The van der Waals surface area contributed by atoms with Gasteiger partial charge in [0.2, 0.25) is 21.7 Å². The Balaban J connectivity index is 1.40. The minimum atomic E-state index is -3.96. The van der Waals surface area contributed by atoms with Crippen molar-refractivity contribution < 1.29 is 21.7 Å². The van der Waals surface area contributed by atoms with Gasteiger partial charge < -0.3 is 4.52 Å². The Kier molecular flexibility index (Phi) is 5.87. The molecule has 1 aromatic carbocycles. The number of aryl methyl sites for hydroxylation is 1. The van der Waals surface area contributed by atoms with Crippen LogP contribution < -0.4 is 0 Å². The Labute approximate surface area is 172 Å². The molecule has 3 heterocycles. The second-order valence-corrected chi connectivity index (χ2v) is 9.21. The zero-order chi connectivity index (χ0) is 21.1. The molecule has 0 N–H and O–H groups in total. The molecule has 7 nitrogen and oxygen atoms in total. The van der Waals surface area contributed by atoms with E-state index in [0.29, 0.717) is 43.6 Å². The number of hydrogen-bond acceptors (Lipinski definition) is 6. The molecule has 1 fully saturated rings. The average Bonchev–Trinajstić information content (AvgIpc) is 3.21. The van der Waals surface area contributed by atoms with Gasteiger partial charge in [-0.05, 0) is 49.4 Å². The van der Waals surface area contributed by atoms with E-state index in [-0.39, 0.29) is 17.4 Å². The van der Waals surface area contributed by atoms with Gasteiger partial charge in [-0.15, -0.1) is 0 Å². The van der Waals surface area contributed by atoms with Crippen molar-refractivity contribution in [2.45, 2.75) is 30.6 Å². The SMILES string of the molecule is O=S(=O)(c1cc(F)cc(F)c1)N1CCCC(CCc2nc(-c3cccnc3)no2)C1. The van der Waals surface area contributed by atoms with Crippen LogP contribution in [0.1, 0.15) is 25.2 Å². The molecule has 2 aromatic heterocycles. The Hall–Kier alpha value is -2.72. The van der Waals surface area contributed by atoms with Crippen molar-refractivity contribution in [1.29, 1.82) is 0 Å². The van der Waals surface area contributed by atoms with Crippen LogP contribution in [0.5, 0.6) is 0 Å². The zero-order valence-corrected chi connectivity index (χ0v) is 16.9. The normalized spacial score (nSPS) is 17.9. The topological polar surface area (TPSA) is 89.2 Å².